The molecular weight excluding hydrogens is 292 g/mol. The molecule has 1 atom stereocenters. The molecule has 2 amide bonds. The average molecular weight is 318 g/mol. The molecule has 0 aromatic heterocycles. The molecule has 0 saturated carbocycles. The Morgan fingerprint density at radius 2 is 2.13 bits per heavy atom. The molecule has 1 saturated heterocycles. The average Bonchev–Trinajstić information content (AvgIpc) is 2.92. The first-order chi connectivity index (χ1) is 11.0. The van der Waals surface area contributed by atoms with E-state index in [0.717, 1.165) is 17.7 Å². The number of hydrogen-bond acceptors (Lipinski definition) is 3. The Morgan fingerprint density at radius 1 is 1.35 bits per heavy atom. The maximum atomic E-state index is 12.2. The fraction of sp³-hybridized carbons (Fsp3) is 0.556. The van der Waals surface area contributed by atoms with E-state index in [-0.39, 0.29) is 24.2 Å². The van der Waals surface area contributed by atoms with Crippen molar-refractivity contribution in [1.82, 2.24) is 5.32 Å². The normalized spacial score (nSPS) is 17.6. The second-order valence-corrected chi connectivity index (χ2v) is 6.02. The zero-order valence-corrected chi connectivity index (χ0v) is 14.2. The summed E-state index contributed by atoms with van der Waals surface area (Å²) >= 11 is 0. The molecule has 1 fully saturated rings. The highest BCUT2D eigenvalue weighted by Crippen LogP contribution is 2.26. The van der Waals surface area contributed by atoms with Crippen molar-refractivity contribution in [1.29, 1.82) is 0 Å². The summed E-state index contributed by atoms with van der Waals surface area (Å²) in [5.74, 6) is -0.292. The largest absolute Gasteiger partial charge is 0.382 e. The smallest absolute Gasteiger partial charge is 0.227 e. The van der Waals surface area contributed by atoms with E-state index in [0.29, 0.717) is 26.3 Å². The van der Waals surface area contributed by atoms with Crippen LogP contribution >= 0.6 is 0 Å². The summed E-state index contributed by atoms with van der Waals surface area (Å²) < 4.78 is 5.24. The number of amides is 2. The number of nitrogens with zero attached hydrogens (tertiary/aromatic N) is 1. The van der Waals surface area contributed by atoms with Gasteiger partial charge in [-0.2, -0.15) is 0 Å². The lowest BCUT2D eigenvalue weighted by Crippen LogP contribution is -2.33. The van der Waals surface area contributed by atoms with Crippen LogP contribution in [-0.4, -0.2) is 38.1 Å². The summed E-state index contributed by atoms with van der Waals surface area (Å²) in [5, 5.41) is 2.90. The van der Waals surface area contributed by atoms with Crippen molar-refractivity contribution < 1.29 is 14.3 Å². The number of carbonyl (C=O) groups is 2. The lowest BCUT2D eigenvalue weighted by Gasteiger charge is -2.18. The van der Waals surface area contributed by atoms with Crippen LogP contribution in [0, 0.1) is 19.8 Å². The van der Waals surface area contributed by atoms with Crippen LogP contribution in [0.2, 0.25) is 0 Å². The van der Waals surface area contributed by atoms with Crippen LogP contribution in [0.15, 0.2) is 18.2 Å². The SMILES string of the molecule is CCOCCCNC(=O)C1CC(=O)N(c2ccc(C)c(C)c2)C1. The van der Waals surface area contributed by atoms with Crippen LogP contribution in [0.4, 0.5) is 5.69 Å². The predicted octanol–water partition coefficient (Wildman–Crippen LogP) is 2.20. The molecule has 1 aliphatic rings. The molecule has 1 aromatic rings. The van der Waals surface area contributed by atoms with Gasteiger partial charge in [-0.3, -0.25) is 9.59 Å². The highest BCUT2D eigenvalue weighted by Gasteiger charge is 2.34. The van der Waals surface area contributed by atoms with E-state index < -0.39 is 0 Å². The third-order valence-electron chi connectivity index (χ3n) is 4.27. The van der Waals surface area contributed by atoms with Gasteiger partial charge in [0.1, 0.15) is 0 Å². The van der Waals surface area contributed by atoms with Crippen molar-refractivity contribution in [2.45, 2.75) is 33.6 Å². The van der Waals surface area contributed by atoms with Crippen molar-refractivity contribution in [3.8, 4) is 0 Å². The van der Waals surface area contributed by atoms with Gasteiger partial charge >= 0.3 is 0 Å². The molecule has 1 N–H and O–H groups in total. The lowest BCUT2D eigenvalue weighted by molar-refractivity contribution is -0.126. The molecule has 0 bridgehead atoms. The van der Waals surface area contributed by atoms with Crippen molar-refractivity contribution in [3.63, 3.8) is 0 Å². The first kappa shape index (κ1) is 17.5. The molecule has 0 aliphatic carbocycles. The maximum absolute atomic E-state index is 12.2. The Morgan fingerprint density at radius 3 is 2.83 bits per heavy atom. The molecule has 1 unspecified atom stereocenters. The topological polar surface area (TPSA) is 58.6 Å². The summed E-state index contributed by atoms with van der Waals surface area (Å²) in [6.45, 7) is 8.41. The third-order valence-corrected chi connectivity index (χ3v) is 4.27. The fourth-order valence-corrected chi connectivity index (χ4v) is 2.70. The van der Waals surface area contributed by atoms with Gasteiger partial charge in [0, 0.05) is 38.4 Å². The second-order valence-electron chi connectivity index (χ2n) is 6.02. The first-order valence-electron chi connectivity index (χ1n) is 8.26. The van der Waals surface area contributed by atoms with Gasteiger partial charge in [0.2, 0.25) is 11.8 Å². The highest BCUT2D eigenvalue weighted by molar-refractivity contribution is 6.00. The number of aryl methyl sites for hydroxylation is 2. The zero-order chi connectivity index (χ0) is 16.8. The predicted molar refractivity (Wildman–Crippen MR) is 90.5 cm³/mol. The van der Waals surface area contributed by atoms with Crippen LogP contribution in [-0.2, 0) is 14.3 Å². The zero-order valence-electron chi connectivity index (χ0n) is 14.2. The quantitative estimate of drug-likeness (QED) is 0.784. The van der Waals surface area contributed by atoms with Crippen molar-refractivity contribution in [3.05, 3.63) is 29.3 Å². The second kappa shape index (κ2) is 8.11. The third kappa shape index (κ3) is 4.55. The van der Waals surface area contributed by atoms with E-state index in [1.807, 2.05) is 39.0 Å². The van der Waals surface area contributed by atoms with Gasteiger partial charge in [-0.15, -0.1) is 0 Å². The fourth-order valence-electron chi connectivity index (χ4n) is 2.70. The molecule has 5 nitrogen and oxygen atoms in total. The summed E-state index contributed by atoms with van der Waals surface area (Å²) in [5.41, 5.74) is 3.23. The van der Waals surface area contributed by atoms with Crippen LogP contribution in [0.3, 0.4) is 0 Å². The number of carbonyl (C=O) groups excluding carboxylic acids is 2. The van der Waals surface area contributed by atoms with Gasteiger partial charge in [0.25, 0.3) is 0 Å². The minimum absolute atomic E-state index is 0.0164. The van der Waals surface area contributed by atoms with Gasteiger partial charge in [0.15, 0.2) is 0 Å². The first-order valence-corrected chi connectivity index (χ1v) is 8.26. The Kier molecular flexibility index (Phi) is 6.16. The summed E-state index contributed by atoms with van der Waals surface area (Å²) in [6.07, 6.45) is 1.07. The number of anilines is 1. The molecule has 5 heteroatoms. The molecule has 0 radical (unpaired) electrons. The molecule has 1 aromatic carbocycles. The summed E-state index contributed by atoms with van der Waals surface area (Å²) in [4.78, 5) is 26.1. The molecule has 126 valence electrons. The number of benzene rings is 1. The molecule has 1 heterocycles. The molecule has 2 rings (SSSR count). The van der Waals surface area contributed by atoms with Crippen LogP contribution in [0.5, 0.6) is 0 Å². The minimum Gasteiger partial charge on any atom is -0.382 e. The van der Waals surface area contributed by atoms with E-state index >= 15 is 0 Å². The van der Waals surface area contributed by atoms with Gasteiger partial charge in [0.05, 0.1) is 5.92 Å². The molecular formula is C18H26N2O3. The van der Waals surface area contributed by atoms with Crippen molar-refractivity contribution in [2.75, 3.05) is 31.2 Å². The van der Waals surface area contributed by atoms with Gasteiger partial charge in [-0.1, -0.05) is 6.07 Å². The van der Waals surface area contributed by atoms with E-state index in [9.17, 15) is 9.59 Å². The van der Waals surface area contributed by atoms with E-state index in [4.69, 9.17) is 4.74 Å². The number of nitrogens with one attached hydrogen (secondary N) is 1. The number of ether oxygens (including phenoxy) is 1. The van der Waals surface area contributed by atoms with Crippen LogP contribution in [0.25, 0.3) is 0 Å². The van der Waals surface area contributed by atoms with E-state index in [1.165, 1.54) is 5.56 Å². The maximum Gasteiger partial charge on any atom is 0.227 e. The van der Waals surface area contributed by atoms with Crippen LogP contribution < -0.4 is 10.2 Å². The minimum atomic E-state index is -0.267. The summed E-state index contributed by atoms with van der Waals surface area (Å²) in [7, 11) is 0. The van der Waals surface area contributed by atoms with E-state index in [1.54, 1.807) is 4.90 Å². The molecule has 1 aliphatic heterocycles. The van der Waals surface area contributed by atoms with Crippen molar-refractivity contribution in [2.24, 2.45) is 5.92 Å². The molecule has 23 heavy (non-hydrogen) atoms. The Labute approximate surface area is 138 Å². The number of hydrogen-bond donors (Lipinski definition) is 1. The lowest BCUT2D eigenvalue weighted by atomic mass is 10.1. The highest BCUT2D eigenvalue weighted by atomic mass is 16.5. The number of rotatable bonds is 7. The Hall–Kier alpha value is -1.88. The van der Waals surface area contributed by atoms with Crippen molar-refractivity contribution >= 4 is 17.5 Å². The van der Waals surface area contributed by atoms with Crippen LogP contribution in [0.1, 0.15) is 30.9 Å². The molecule has 0 spiro atoms. The Balaban J connectivity index is 1.89. The Bertz CT molecular complexity index is 571. The van der Waals surface area contributed by atoms with Gasteiger partial charge in [-0.25, -0.2) is 0 Å². The standard InChI is InChI=1S/C18H26N2O3/c1-4-23-9-5-8-19-18(22)15-11-17(21)20(12-15)16-7-6-13(2)14(3)10-16/h6-7,10,15H,4-5,8-9,11-12H2,1-3H3,(H,19,22). The van der Waals surface area contributed by atoms with Gasteiger partial charge < -0.3 is 15.0 Å². The van der Waals surface area contributed by atoms with Gasteiger partial charge in [-0.05, 0) is 50.5 Å². The van der Waals surface area contributed by atoms with E-state index in [2.05, 4.69) is 5.32 Å². The summed E-state index contributed by atoms with van der Waals surface area (Å²) in [6, 6.07) is 5.97. The monoisotopic (exact) mass is 318 g/mol.